The molecule has 0 bridgehead atoms. The minimum Gasteiger partial charge on any atom is -0.465 e. The number of ether oxygens (including phenoxy) is 2. The molecule has 0 aromatic carbocycles. The zero-order chi connectivity index (χ0) is 17.0. The minimum absolute atomic E-state index is 0.147. The minimum atomic E-state index is -0.588. The molecule has 2 atom stereocenters. The molecule has 1 aliphatic rings. The van der Waals surface area contributed by atoms with Crippen molar-refractivity contribution in [3.63, 3.8) is 0 Å². The van der Waals surface area contributed by atoms with Crippen LogP contribution < -0.4 is 5.32 Å². The summed E-state index contributed by atoms with van der Waals surface area (Å²) < 4.78 is 9.37. The highest BCUT2D eigenvalue weighted by molar-refractivity contribution is 8.00. The maximum absolute atomic E-state index is 11.5. The molecule has 2 unspecified atom stereocenters. The predicted octanol–water partition coefficient (Wildman–Crippen LogP) is 1.82. The maximum Gasteiger partial charge on any atom is 0.331 e. The average Bonchev–Trinajstić information content (AvgIpc) is 2.94. The summed E-state index contributed by atoms with van der Waals surface area (Å²) in [7, 11) is 0. The van der Waals surface area contributed by atoms with Gasteiger partial charge >= 0.3 is 17.9 Å². The molecule has 1 saturated heterocycles. The van der Waals surface area contributed by atoms with Gasteiger partial charge < -0.3 is 9.47 Å². The van der Waals surface area contributed by atoms with Gasteiger partial charge in [0.2, 0.25) is 0 Å². The Morgan fingerprint density at radius 1 is 1.32 bits per heavy atom. The molecule has 0 aromatic heterocycles. The van der Waals surface area contributed by atoms with Crippen LogP contribution in [-0.2, 0) is 23.9 Å². The second-order valence-corrected chi connectivity index (χ2v) is 6.44. The van der Waals surface area contributed by atoms with Crippen LogP contribution in [-0.4, -0.2) is 53.2 Å². The first-order chi connectivity index (χ1) is 10.5. The number of carbonyl (C=O) groups excluding carboxylic acids is 3. The van der Waals surface area contributed by atoms with E-state index in [-0.39, 0.29) is 11.3 Å². The average molecular weight is 351 g/mol. The van der Waals surface area contributed by atoms with Crippen molar-refractivity contribution < 1.29 is 23.9 Å². The van der Waals surface area contributed by atoms with Crippen molar-refractivity contribution in [3.8, 4) is 0 Å². The lowest BCUT2D eigenvalue weighted by atomic mass is 10.3. The highest BCUT2D eigenvalue weighted by Crippen LogP contribution is 2.23. The second kappa shape index (κ2) is 12.8. The summed E-state index contributed by atoms with van der Waals surface area (Å²) in [4.78, 5) is 33.3. The summed E-state index contributed by atoms with van der Waals surface area (Å²) in [5, 5.41) is 3.26. The number of hydrogen-bond donors (Lipinski definition) is 1. The van der Waals surface area contributed by atoms with Crippen LogP contribution in [0.15, 0.2) is 0 Å². The van der Waals surface area contributed by atoms with Gasteiger partial charge in [0.1, 0.15) is 6.04 Å². The Bertz CT molecular complexity index is 365. The normalized spacial score (nSPS) is 19.8. The molecule has 0 saturated carbocycles. The number of rotatable bonds is 7. The number of esters is 3. The van der Waals surface area contributed by atoms with Crippen LogP contribution in [0.4, 0.5) is 0 Å². The quantitative estimate of drug-likeness (QED) is 0.423. The Kier molecular flexibility index (Phi) is 12.4. The molecule has 22 heavy (non-hydrogen) atoms. The SMILES string of the molecule is CC.CCOC(=O)CSCCC1NC(C(=O)OC(C)=O)CS1. The van der Waals surface area contributed by atoms with Gasteiger partial charge in [-0.15, -0.1) is 11.8 Å². The van der Waals surface area contributed by atoms with Crippen LogP contribution in [0, 0.1) is 0 Å². The molecule has 0 aliphatic carbocycles. The van der Waals surface area contributed by atoms with Crippen LogP contribution in [0.25, 0.3) is 0 Å². The largest absolute Gasteiger partial charge is 0.465 e. The van der Waals surface area contributed by atoms with E-state index < -0.39 is 18.0 Å². The first-order valence-corrected chi connectivity index (χ1v) is 9.56. The van der Waals surface area contributed by atoms with Crippen LogP contribution in [0.2, 0.25) is 0 Å². The summed E-state index contributed by atoms with van der Waals surface area (Å²) in [6, 6.07) is -0.427. The highest BCUT2D eigenvalue weighted by Gasteiger charge is 2.31. The van der Waals surface area contributed by atoms with Gasteiger partial charge in [-0.1, -0.05) is 13.8 Å². The molecule has 1 N–H and O–H groups in total. The van der Waals surface area contributed by atoms with Crippen LogP contribution in [0.1, 0.15) is 34.1 Å². The van der Waals surface area contributed by atoms with E-state index in [4.69, 9.17) is 4.74 Å². The maximum atomic E-state index is 11.5. The van der Waals surface area contributed by atoms with Gasteiger partial charge in [0, 0.05) is 12.7 Å². The van der Waals surface area contributed by atoms with Crippen molar-refractivity contribution in [2.45, 2.75) is 45.5 Å². The standard InChI is InChI=1S/C12H19NO5S2.C2H6/c1-3-17-11(15)7-19-5-4-10-13-9(6-20-10)12(16)18-8(2)14;1-2/h9-10,13H,3-7H2,1-2H3;1-2H3. The third kappa shape index (κ3) is 9.32. The Hall–Kier alpha value is -0.730. The van der Waals surface area contributed by atoms with Crippen LogP contribution in [0.5, 0.6) is 0 Å². The van der Waals surface area contributed by atoms with Crippen LogP contribution in [0.3, 0.4) is 0 Å². The molecule has 0 radical (unpaired) electrons. The van der Waals surface area contributed by atoms with Gasteiger partial charge in [0.05, 0.1) is 17.7 Å². The van der Waals surface area contributed by atoms with Crippen molar-refractivity contribution in [2.24, 2.45) is 0 Å². The van der Waals surface area contributed by atoms with E-state index in [1.54, 1.807) is 18.7 Å². The van der Waals surface area contributed by atoms with Crippen molar-refractivity contribution >= 4 is 41.4 Å². The van der Waals surface area contributed by atoms with Gasteiger partial charge in [-0.05, 0) is 19.1 Å². The smallest absolute Gasteiger partial charge is 0.331 e. The highest BCUT2D eigenvalue weighted by atomic mass is 32.2. The summed E-state index contributed by atoms with van der Waals surface area (Å²) in [5.74, 6) is 0.438. The Morgan fingerprint density at radius 3 is 2.59 bits per heavy atom. The third-order valence-corrected chi connectivity index (χ3v) is 4.69. The number of thioether (sulfide) groups is 2. The summed E-state index contributed by atoms with van der Waals surface area (Å²) >= 11 is 3.13. The van der Waals surface area contributed by atoms with Crippen molar-refractivity contribution in [1.29, 1.82) is 0 Å². The molecular formula is C14H25NO5S2. The van der Waals surface area contributed by atoms with E-state index in [1.165, 1.54) is 18.7 Å². The third-order valence-electron chi connectivity index (χ3n) is 2.43. The van der Waals surface area contributed by atoms with E-state index in [0.29, 0.717) is 18.1 Å². The van der Waals surface area contributed by atoms with Gasteiger partial charge in [-0.25, -0.2) is 4.79 Å². The van der Waals surface area contributed by atoms with Gasteiger partial charge in [-0.3, -0.25) is 14.9 Å². The second-order valence-electron chi connectivity index (χ2n) is 4.10. The molecule has 128 valence electrons. The van der Waals surface area contributed by atoms with Crippen molar-refractivity contribution in [3.05, 3.63) is 0 Å². The van der Waals surface area contributed by atoms with Crippen molar-refractivity contribution in [2.75, 3.05) is 23.9 Å². The fourth-order valence-electron chi connectivity index (χ4n) is 1.60. The first-order valence-electron chi connectivity index (χ1n) is 7.36. The van der Waals surface area contributed by atoms with Crippen LogP contribution >= 0.6 is 23.5 Å². The lowest BCUT2D eigenvalue weighted by Gasteiger charge is -2.11. The van der Waals surface area contributed by atoms with E-state index in [0.717, 1.165) is 12.2 Å². The van der Waals surface area contributed by atoms with E-state index >= 15 is 0 Å². The molecular weight excluding hydrogens is 326 g/mol. The summed E-state index contributed by atoms with van der Waals surface area (Å²) in [6.45, 7) is 7.39. The predicted molar refractivity (Wildman–Crippen MR) is 89.9 cm³/mol. The molecule has 1 heterocycles. The number of carbonyl (C=O) groups is 3. The van der Waals surface area contributed by atoms with Gasteiger partial charge in [0.15, 0.2) is 0 Å². The summed E-state index contributed by atoms with van der Waals surface area (Å²) in [5.41, 5.74) is 0. The zero-order valence-corrected chi connectivity index (χ0v) is 15.2. The van der Waals surface area contributed by atoms with E-state index in [2.05, 4.69) is 10.1 Å². The molecule has 0 spiro atoms. The molecule has 0 amide bonds. The fourth-order valence-corrected chi connectivity index (χ4v) is 3.75. The fraction of sp³-hybridized carbons (Fsp3) is 0.786. The Labute approximate surface area is 140 Å². The Morgan fingerprint density at radius 2 is 2.00 bits per heavy atom. The molecule has 1 fully saturated rings. The number of nitrogens with one attached hydrogen (secondary N) is 1. The lowest BCUT2D eigenvalue weighted by molar-refractivity contribution is -0.159. The molecule has 1 rings (SSSR count). The summed E-state index contributed by atoms with van der Waals surface area (Å²) in [6.07, 6.45) is 0.832. The molecule has 1 aliphatic heterocycles. The molecule has 8 heteroatoms. The van der Waals surface area contributed by atoms with Crippen molar-refractivity contribution in [1.82, 2.24) is 5.32 Å². The van der Waals surface area contributed by atoms with E-state index in [9.17, 15) is 14.4 Å². The zero-order valence-electron chi connectivity index (χ0n) is 13.5. The van der Waals surface area contributed by atoms with E-state index in [1.807, 2.05) is 13.8 Å². The monoisotopic (exact) mass is 351 g/mol. The topological polar surface area (TPSA) is 81.7 Å². The number of hydrogen-bond acceptors (Lipinski definition) is 8. The molecule has 6 nitrogen and oxygen atoms in total. The van der Waals surface area contributed by atoms with Gasteiger partial charge in [-0.2, -0.15) is 11.8 Å². The Balaban J connectivity index is 0.00000211. The molecule has 0 aromatic rings. The first kappa shape index (κ1) is 21.3. The lowest BCUT2D eigenvalue weighted by Crippen LogP contribution is -2.38. The van der Waals surface area contributed by atoms with Gasteiger partial charge in [0.25, 0.3) is 0 Å².